The van der Waals surface area contributed by atoms with Crippen molar-refractivity contribution in [2.75, 3.05) is 11.9 Å². The molecule has 0 aliphatic carbocycles. The van der Waals surface area contributed by atoms with Crippen LogP contribution in [0.15, 0.2) is 48.5 Å². The highest BCUT2D eigenvalue weighted by Crippen LogP contribution is 2.40. The predicted octanol–water partition coefficient (Wildman–Crippen LogP) is 3.76. The molecule has 1 aromatic heterocycles. The van der Waals surface area contributed by atoms with Crippen LogP contribution in [0.2, 0.25) is 0 Å². The molecule has 0 atom stereocenters. The second kappa shape index (κ2) is 4.84. The summed E-state index contributed by atoms with van der Waals surface area (Å²) in [5.74, 6) is 0. The minimum atomic E-state index is 0.869. The lowest BCUT2D eigenvalue weighted by atomic mass is 9.96. The molecule has 4 nitrogen and oxygen atoms in total. The summed E-state index contributed by atoms with van der Waals surface area (Å²) in [5, 5.41) is 8.65. The molecule has 0 saturated carbocycles. The summed E-state index contributed by atoms with van der Waals surface area (Å²) in [6.45, 7) is 0.869. The van der Waals surface area contributed by atoms with E-state index in [0.717, 1.165) is 23.5 Å². The van der Waals surface area contributed by atoms with E-state index in [1.165, 1.54) is 16.8 Å². The number of para-hydroxylation sites is 1. The van der Waals surface area contributed by atoms with Crippen LogP contribution in [0, 0.1) is 0 Å². The summed E-state index contributed by atoms with van der Waals surface area (Å²) < 4.78 is 1.84. The molecule has 0 saturated heterocycles. The molecular weight excluding hydrogens is 375 g/mol. The van der Waals surface area contributed by atoms with Crippen molar-refractivity contribution in [3.05, 3.63) is 54.1 Å². The van der Waals surface area contributed by atoms with E-state index in [4.69, 9.17) is 0 Å². The van der Waals surface area contributed by atoms with Crippen LogP contribution in [0.1, 0.15) is 5.56 Å². The first-order valence-electron chi connectivity index (χ1n) is 6.76. The van der Waals surface area contributed by atoms with Crippen molar-refractivity contribution in [2.45, 2.75) is 6.54 Å². The Morgan fingerprint density at radius 2 is 1.71 bits per heavy atom. The standard InChI is InChI=1S/C16H13IN4/c1-20-10-11-6-2-3-7-12(11)16-15(18-19-21(16)17)13-8-4-5-9-14(13)20/h2-9H,10H2,1H3. The summed E-state index contributed by atoms with van der Waals surface area (Å²) >= 11 is 2.20. The van der Waals surface area contributed by atoms with Crippen LogP contribution in [0.3, 0.4) is 0 Å². The van der Waals surface area contributed by atoms with E-state index in [1.807, 2.05) is 2.90 Å². The summed E-state index contributed by atoms with van der Waals surface area (Å²) in [6, 6.07) is 16.8. The van der Waals surface area contributed by atoms with Gasteiger partial charge in [-0.05, 0) is 11.6 Å². The molecule has 0 fully saturated rings. The van der Waals surface area contributed by atoms with E-state index in [-0.39, 0.29) is 0 Å². The molecule has 0 N–H and O–H groups in total. The third-order valence-electron chi connectivity index (χ3n) is 3.88. The predicted molar refractivity (Wildman–Crippen MR) is 92.4 cm³/mol. The number of nitrogens with zero attached hydrogens (tertiary/aromatic N) is 4. The molecule has 4 rings (SSSR count). The largest absolute Gasteiger partial charge is 0.370 e. The maximum Gasteiger partial charge on any atom is 0.124 e. The van der Waals surface area contributed by atoms with Crippen LogP contribution in [-0.4, -0.2) is 20.3 Å². The van der Waals surface area contributed by atoms with Gasteiger partial charge in [-0.3, -0.25) is 0 Å². The smallest absolute Gasteiger partial charge is 0.124 e. The fourth-order valence-corrected chi connectivity index (χ4v) is 3.49. The number of anilines is 1. The summed E-state index contributed by atoms with van der Waals surface area (Å²) in [4.78, 5) is 2.27. The van der Waals surface area contributed by atoms with Gasteiger partial charge in [0.05, 0.1) is 22.9 Å². The van der Waals surface area contributed by atoms with Gasteiger partial charge in [0.15, 0.2) is 0 Å². The van der Waals surface area contributed by atoms with Crippen molar-refractivity contribution in [2.24, 2.45) is 0 Å². The van der Waals surface area contributed by atoms with Gasteiger partial charge in [0.25, 0.3) is 0 Å². The van der Waals surface area contributed by atoms with Crippen LogP contribution >= 0.6 is 22.9 Å². The first kappa shape index (κ1) is 12.8. The number of halogens is 1. The molecule has 0 radical (unpaired) electrons. The van der Waals surface area contributed by atoms with Crippen molar-refractivity contribution in [1.82, 2.24) is 13.2 Å². The quantitative estimate of drug-likeness (QED) is 0.550. The van der Waals surface area contributed by atoms with E-state index < -0.39 is 0 Å². The maximum absolute atomic E-state index is 4.41. The van der Waals surface area contributed by atoms with Gasteiger partial charge < -0.3 is 4.90 Å². The SMILES string of the molecule is CN1Cc2ccccc2-c2c(nnn2I)-c2ccccc21. The third-order valence-corrected chi connectivity index (χ3v) is 4.56. The number of hydrogen-bond acceptors (Lipinski definition) is 3. The molecule has 0 amide bonds. The van der Waals surface area contributed by atoms with Crippen molar-refractivity contribution < 1.29 is 0 Å². The first-order valence-corrected chi connectivity index (χ1v) is 7.73. The monoisotopic (exact) mass is 388 g/mol. The molecular formula is C16H13IN4. The number of aromatic nitrogens is 3. The van der Waals surface area contributed by atoms with Gasteiger partial charge in [0.2, 0.25) is 0 Å². The van der Waals surface area contributed by atoms with E-state index in [0.29, 0.717) is 0 Å². The first-order chi connectivity index (χ1) is 10.3. The molecule has 0 bridgehead atoms. The van der Waals surface area contributed by atoms with Crippen LogP contribution in [0.5, 0.6) is 0 Å². The summed E-state index contributed by atoms with van der Waals surface area (Å²) in [7, 11) is 2.12. The average molecular weight is 388 g/mol. The molecule has 5 heteroatoms. The molecule has 2 aromatic carbocycles. The van der Waals surface area contributed by atoms with Gasteiger partial charge in [0, 0.05) is 30.4 Å². The molecule has 1 aliphatic rings. The van der Waals surface area contributed by atoms with Crippen molar-refractivity contribution in [3.63, 3.8) is 0 Å². The minimum absolute atomic E-state index is 0.869. The zero-order valence-electron chi connectivity index (χ0n) is 11.5. The van der Waals surface area contributed by atoms with Crippen molar-refractivity contribution in [1.29, 1.82) is 0 Å². The van der Waals surface area contributed by atoms with Gasteiger partial charge in [0.1, 0.15) is 11.4 Å². The highest BCUT2D eigenvalue weighted by atomic mass is 127. The number of fused-ring (bicyclic) bond motifs is 5. The van der Waals surface area contributed by atoms with Crippen LogP contribution in [0.25, 0.3) is 22.5 Å². The second-order valence-electron chi connectivity index (χ2n) is 5.18. The highest BCUT2D eigenvalue weighted by Gasteiger charge is 2.24. The Bertz CT molecular complexity index is 825. The summed E-state index contributed by atoms with van der Waals surface area (Å²) in [5.41, 5.74) is 6.83. The summed E-state index contributed by atoms with van der Waals surface area (Å²) in [6.07, 6.45) is 0. The fraction of sp³-hybridized carbons (Fsp3) is 0.125. The zero-order valence-corrected chi connectivity index (χ0v) is 13.7. The van der Waals surface area contributed by atoms with Gasteiger partial charge in [-0.25, -0.2) is 0 Å². The van der Waals surface area contributed by atoms with Crippen LogP contribution < -0.4 is 4.90 Å². The third kappa shape index (κ3) is 1.95. The number of rotatable bonds is 0. The van der Waals surface area contributed by atoms with Gasteiger partial charge in [-0.2, -0.15) is 2.90 Å². The minimum Gasteiger partial charge on any atom is -0.370 e. The topological polar surface area (TPSA) is 34.0 Å². The second-order valence-corrected chi connectivity index (χ2v) is 6.09. The Kier molecular flexibility index (Phi) is 2.95. The Labute approximate surface area is 136 Å². The molecule has 21 heavy (non-hydrogen) atoms. The lowest BCUT2D eigenvalue weighted by Crippen LogP contribution is -2.19. The van der Waals surface area contributed by atoms with E-state index in [9.17, 15) is 0 Å². The molecule has 0 unspecified atom stereocenters. The Morgan fingerprint density at radius 3 is 2.57 bits per heavy atom. The van der Waals surface area contributed by atoms with E-state index in [2.05, 4.69) is 93.7 Å². The maximum atomic E-state index is 4.41. The van der Waals surface area contributed by atoms with Gasteiger partial charge in [-0.1, -0.05) is 47.7 Å². The Balaban J connectivity index is 2.11. The zero-order chi connectivity index (χ0) is 14.4. The highest BCUT2D eigenvalue weighted by molar-refractivity contribution is 14.1. The molecule has 0 spiro atoms. The Hall–Kier alpha value is -1.89. The molecule has 104 valence electrons. The van der Waals surface area contributed by atoms with Crippen LogP contribution in [0.4, 0.5) is 5.69 Å². The number of benzene rings is 2. The van der Waals surface area contributed by atoms with E-state index >= 15 is 0 Å². The molecule has 3 aromatic rings. The average Bonchev–Trinajstić information content (AvgIpc) is 2.88. The van der Waals surface area contributed by atoms with E-state index in [1.54, 1.807) is 0 Å². The number of hydrogen-bond donors (Lipinski definition) is 0. The normalized spacial score (nSPS) is 13.0. The Morgan fingerprint density at radius 1 is 1.00 bits per heavy atom. The fourth-order valence-electron chi connectivity index (χ4n) is 2.91. The molecule has 1 aliphatic heterocycles. The van der Waals surface area contributed by atoms with Crippen LogP contribution in [-0.2, 0) is 6.54 Å². The lowest BCUT2D eigenvalue weighted by Gasteiger charge is -2.26. The molecule has 2 heterocycles. The van der Waals surface area contributed by atoms with Gasteiger partial charge in [-0.15, -0.1) is 5.10 Å². The van der Waals surface area contributed by atoms with Crippen molar-refractivity contribution >= 4 is 28.6 Å². The van der Waals surface area contributed by atoms with Crippen molar-refractivity contribution in [3.8, 4) is 22.5 Å². The van der Waals surface area contributed by atoms with Gasteiger partial charge >= 0.3 is 0 Å². The lowest BCUT2D eigenvalue weighted by molar-refractivity contribution is 0.919.